The van der Waals surface area contributed by atoms with Crippen molar-refractivity contribution < 1.29 is 4.79 Å². The zero-order valence-corrected chi connectivity index (χ0v) is 21.7. The van der Waals surface area contributed by atoms with E-state index in [2.05, 4.69) is 49.0 Å². The van der Waals surface area contributed by atoms with Gasteiger partial charge >= 0.3 is 0 Å². The van der Waals surface area contributed by atoms with Crippen LogP contribution in [0.3, 0.4) is 0 Å². The van der Waals surface area contributed by atoms with Gasteiger partial charge in [-0.1, -0.05) is 41.9 Å². The average molecular weight is 515 g/mol. The number of carbonyl (C=O) groups is 1. The van der Waals surface area contributed by atoms with Gasteiger partial charge in [0.2, 0.25) is 0 Å². The van der Waals surface area contributed by atoms with Crippen molar-refractivity contribution in [2.24, 2.45) is 7.05 Å². The van der Waals surface area contributed by atoms with Gasteiger partial charge in [-0.15, -0.1) is 0 Å². The Hall–Kier alpha value is -3.55. The maximum atomic E-state index is 12.6. The van der Waals surface area contributed by atoms with Crippen LogP contribution in [0.15, 0.2) is 73.6 Å². The Morgan fingerprint density at radius 1 is 1.14 bits per heavy atom. The lowest BCUT2D eigenvalue weighted by molar-refractivity contribution is 0.0951. The number of imidazole rings is 1. The maximum absolute atomic E-state index is 12.6. The number of carbonyl (C=O) groups excluding carboxylic acids is 1. The van der Waals surface area contributed by atoms with E-state index in [-0.39, 0.29) is 11.9 Å². The molecule has 0 bridgehead atoms. The molecule has 3 heterocycles. The first kappa shape index (κ1) is 25.1. The topological polar surface area (TPSA) is 75.9 Å². The van der Waals surface area contributed by atoms with E-state index in [4.69, 9.17) is 16.6 Å². The molecular formula is C29H31ClN6O. The number of pyridine rings is 2. The molecule has 4 aromatic rings. The lowest BCUT2D eigenvalue weighted by Crippen LogP contribution is -2.33. The summed E-state index contributed by atoms with van der Waals surface area (Å²) in [5.41, 5.74) is 6.46. The molecule has 5 rings (SSSR count). The third-order valence-electron chi connectivity index (χ3n) is 7.03. The molecule has 8 heteroatoms. The largest absolute Gasteiger partial charge is 0.348 e. The summed E-state index contributed by atoms with van der Waals surface area (Å²) in [6, 6.07) is 14.6. The van der Waals surface area contributed by atoms with Gasteiger partial charge in [0.25, 0.3) is 5.91 Å². The van der Waals surface area contributed by atoms with Crippen LogP contribution in [-0.2, 0) is 33.0 Å². The molecule has 0 radical (unpaired) electrons. The van der Waals surface area contributed by atoms with Crippen LogP contribution < -0.4 is 5.32 Å². The van der Waals surface area contributed by atoms with E-state index in [9.17, 15) is 4.79 Å². The molecule has 0 saturated carbocycles. The van der Waals surface area contributed by atoms with Crippen molar-refractivity contribution in [3.8, 4) is 0 Å². The molecule has 1 unspecified atom stereocenters. The maximum Gasteiger partial charge on any atom is 0.253 e. The Labute approximate surface area is 222 Å². The Balaban J connectivity index is 1.32. The molecule has 37 heavy (non-hydrogen) atoms. The second-order valence-corrected chi connectivity index (χ2v) is 9.94. The summed E-state index contributed by atoms with van der Waals surface area (Å²) in [5.74, 6) is -0.208. The number of benzene rings is 1. The highest BCUT2D eigenvalue weighted by atomic mass is 35.5. The predicted octanol–water partition coefficient (Wildman–Crippen LogP) is 4.92. The zero-order valence-electron chi connectivity index (χ0n) is 21.0. The molecule has 0 saturated heterocycles. The molecule has 0 fully saturated rings. The number of halogens is 1. The summed E-state index contributed by atoms with van der Waals surface area (Å²) in [4.78, 5) is 28.2. The molecule has 0 aliphatic heterocycles. The van der Waals surface area contributed by atoms with E-state index < -0.39 is 0 Å². The Morgan fingerprint density at radius 2 is 2.03 bits per heavy atom. The second-order valence-electron chi connectivity index (χ2n) is 9.53. The van der Waals surface area contributed by atoms with Crippen LogP contribution in [0.4, 0.5) is 0 Å². The Morgan fingerprint density at radius 3 is 2.86 bits per heavy atom. The summed E-state index contributed by atoms with van der Waals surface area (Å²) >= 11 is 6.13. The normalized spacial score (nSPS) is 14.9. The molecule has 1 atom stereocenters. The Kier molecular flexibility index (Phi) is 7.92. The fourth-order valence-electron chi connectivity index (χ4n) is 5.08. The summed E-state index contributed by atoms with van der Waals surface area (Å²) in [6.45, 7) is 2.13. The van der Waals surface area contributed by atoms with E-state index >= 15 is 0 Å². The fourth-order valence-corrected chi connectivity index (χ4v) is 5.28. The van der Waals surface area contributed by atoms with E-state index in [0.717, 1.165) is 44.3 Å². The van der Waals surface area contributed by atoms with Crippen molar-refractivity contribution in [2.45, 2.75) is 44.8 Å². The standard InChI is InChI=1S/C29H31ClN6O/c1-35-20-32-17-24(35)11-14-36(27-9-3-7-23-8-4-12-33-28(23)27)19-22-6-2-5-21(15-22)16-34-29(37)25-10-13-31-18-26(25)30/h2,4-6,8,10,12-13,15,17-18,20,27H,3,7,9,11,14,16,19H2,1H3,(H,34,37). The first-order valence-electron chi connectivity index (χ1n) is 12.7. The van der Waals surface area contributed by atoms with Gasteiger partial charge < -0.3 is 9.88 Å². The van der Waals surface area contributed by atoms with E-state index in [0.29, 0.717) is 17.1 Å². The number of nitrogens with zero attached hydrogens (tertiary/aromatic N) is 5. The molecule has 3 aromatic heterocycles. The van der Waals surface area contributed by atoms with E-state index in [1.165, 1.54) is 28.7 Å². The monoisotopic (exact) mass is 514 g/mol. The van der Waals surface area contributed by atoms with Crippen LogP contribution in [0.1, 0.15) is 57.3 Å². The summed E-state index contributed by atoms with van der Waals surface area (Å²) in [5, 5.41) is 3.32. The molecule has 0 spiro atoms. The number of hydrogen-bond acceptors (Lipinski definition) is 5. The third kappa shape index (κ3) is 6.06. The molecule has 1 aliphatic rings. The predicted molar refractivity (Wildman–Crippen MR) is 144 cm³/mol. The fraction of sp³-hybridized carbons (Fsp3) is 0.310. The van der Waals surface area contributed by atoms with Crippen molar-refractivity contribution in [3.63, 3.8) is 0 Å². The van der Waals surface area contributed by atoms with Gasteiger partial charge in [0.15, 0.2) is 0 Å². The van der Waals surface area contributed by atoms with Crippen molar-refractivity contribution in [1.29, 1.82) is 0 Å². The molecule has 1 aromatic carbocycles. The first-order valence-corrected chi connectivity index (χ1v) is 13.0. The van der Waals surface area contributed by atoms with Crippen molar-refractivity contribution in [2.75, 3.05) is 6.54 Å². The third-order valence-corrected chi connectivity index (χ3v) is 7.33. The lowest BCUT2D eigenvalue weighted by atomic mass is 9.90. The molecule has 1 N–H and O–H groups in total. The molecule has 7 nitrogen and oxygen atoms in total. The van der Waals surface area contributed by atoms with Crippen molar-refractivity contribution in [1.82, 2.24) is 29.7 Å². The van der Waals surface area contributed by atoms with Gasteiger partial charge in [-0.05, 0) is 48.1 Å². The second kappa shape index (κ2) is 11.7. The SMILES string of the molecule is Cn1cncc1CCN(Cc1cccc(CNC(=O)c2ccncc2Cl)c1)C1CCCc2cccnc21. The van der Waals surface area contributed by atoms with Crippen molar-refractivity contribution in [3.05, 3.63) is 112 Å². The van der Waals surface area contributed by atoms with Crippen molar-refractivity contribution >= 4 is 17.5 Å². The van der Waals surface area contributed by atoms with E-state index in [1.807, 2.05) is 37.9 Å². The van der Waals surface area contributed by atoms with E-state index in [1.54, 1.807) is 12.3 Å². The van der Waals surface area contributed by atoms with Gasteiger partial charge in [0.1, 0.15) is 0 Å². The molecule has 1 aliphatic carbocycles. The minimum atomic E-state index is -0.208. The highest BCUT2D eigenvalue weighted by Gasteiger charge is 2.27. The quantitative estimate of drug-likeness (QED) is 0.343. The number of nitrogens with one attached hydrogen (secondary N) is 1. The lowest BCUT2D eigenvalue weighted by Gasteiger charge is -2.35. The van der Waals surface area contributed by atoms with Crippen LogP contribution in [0, 0.1) is 0 Å². The highest BCUT2D eigenvalue weighted by molar-refractivity contribution is 6.33. The number of hydrogen-bond donors (Lipinski definition) is 1. The molecule has 190 valence electrons. The summed E-state index contributed by atoms with van der Waals surface area (Å²) in [6.07, 6.45) is 13.0. The average Bonchev–Trinajstić information content (AvgIpc) is 3.34. The number of fused-ring (bicyclic) bond motifs is 1. The minimum Gasteiger partial charge on any atom is -0.348 e. The van der Waals surface area contributed by atoms with Gasteiger partial charge in [0, 0.05) is 63.6 Å². The van der Waals surface area contributed by atoms with Crippen LogP contribution in [0.25, 0.3) is 0 Å². The minimum absolute atomic E-state index is 0.208. The number of aryl methyl sites for hydroxylation is 2. The van der Waals surface area contributed by atoms with Crippen LogP contribution in [0.2, 0.25) is 5.02 Å². The number of rotatable bonds is 9. The number of aromatic nitrogens is 4. The summed E-state index contributed by atoms with van der Waals surface area (Å²) < 4.78 is 2.09. The molecular weight excluding hydrogens is 484 g/mol. The van der Waals surface area contributed by atoms with Gasteiger partial charge in [-0.2, -0.15) is 0 Å². The van der Waals surface area contributed by atoms with Crippen LogP contribution in [-0.4, -0.2) is 36.9 Å². The van der Waals surface area contributed by atoms with Crippen LogP contribution in [0.5, 0.6) is 0 Å². The van der Waals surface area contributed by atoms with Gasteiger partial charge in [0.05, 0.1) is 28.6 Å². The smallest absolute Gasteiger partial charge is 0.253 e. The van der Waals surface area contributed by atoms with Crippen LogP contribution >= 0.6 is 11.6 Å². The summed E-state index contributed by atoms with van der Waals surface area (Å²) in [7, 11) is 2.04. The zero-order chi connectivity index (χ0) is 25.6. The highest BCUT2D eigenvalue weighted by Crippen LogP contribution is 2.34. The van der Waals surface area contributed by atoms with Gasteiger partial charge in [-0.3, -0.25) is 19.7 Å². The number of amides is 1. The van der Waals surface area contributed by atoms with Gasteiger partial charge in [-0.25, -0.2) is 4.98 Å². The first-order chi connectivity index (χ1) is 18.1. The Bertz CT molecular complexity index is 1370. The molecule has 1 amide bonds.